The lowest BCUT2D eigenvalue weighted by Crippen LogP contribution is -2.73. The minimum atomic E-state index is -2.13. The smallest absolute Gasteiger partial charge is 0.306 e. The van der Waals surface area contributed by atoms with Crippen LogP contribution in [0.1, 0.15) is 111 Å². The number of epoxide rings is 1. The fraction of sp³-hybridized carbons (Fsp3) is 0.861. The van der Waals surface area contributed by atoms with Crippen molar-refractivity contribution in [3.8, 4) is 0 Å². The van der Waals surface area contributed by atoms with Crippen LogP contribution in [-0.4, -0.2) is 74.4 Å². The van der Waals surface area contributed by atoms with Gasteiger partial charge in [-0.2, -0.15) is 0 Å². The van der Waals surface area contributed by atoms with E-state index in [0.29, 0.717) is 6.42 Å². The summed E-state index contributed by atoms with van der Waals surface area (Å²) in [4.78, 5) is 14.3. The number of ether oxygens (including phenoxy) is 4. The van der Waals surface area contributed by atoms with E-state index in [-0.39, 0.29) is 17.6 Å². The Labute approximate surface area is 262 Å². The Balaban J connectivity index is 1.37. The van der Waals surface area contributed by atoms with Gasteiger partial charge in [0.25, 0.3) is 0 Å². The van der Waals surface area contributed by atoms with Gasteiger partial charge in [-0.15, -0.1) is 0 Å². The van der Waals surface area contributed by atoms with E-state index in [1.165, 1.54) is 44.9 Å². The zero-order valence-corrected chi connectivity index (χ0v) is 27.0. The molecule has 2 spiro atoms. The standard InChI is InChI=1S/C36H54O8/c1-22(2)32-20-23(3)36-26-29(32)42-34(43-32,44-36)19-17-15-13-11-9-7-5-6-8-10-12-14-16-18-25-24(4)28(38)35(40,27(25)36)31(39)33(21-37)30(26)41-33/h17,19,23-27,29-31,37,39-40H,1,5-16,18,20-21H2,2-4H3/b19-17-/t23-,24+,25+,26-,27?,29-,30+,31-,32-,33+,34?,35-,36-/m1/s1. The molecule has 8 nitrogen and oxygen atoms in total. The fourth-order valence-corrected chi connectivity index (χ4v) is 10.9. The maximum Gasteiger partial charge on any atom is 0.306 e. The molecule has 7 rings (SSSR count). The maximum absolute atomic E-state index is 14.3. The number of hydrogen-bond donors (Lipinski definition) is 3. The first-order chi connectivity index (χ1) is 21.0. The molecule has 4 heterocycles. The molecule has 3 N–H and O–H groups in total. The van der Waals surface area contributed by atoms with Crippen molar-refractivity contribution in [2.45, 2.75) is 157 Å². The van der Waals surface area contributed by atoms with Crippen LogP contribution >= 0.6 is 0 Å². The summed E-state index contributed by atoms with van der Waals surface area (Å²) in [7, 11) is 0. The van der Waals surface area contributed by atoms with Gasteiger partial charge in [0, 0.05) is 23.8 Å². The van der Waals surface area contributed by atoms with Crippen molar-refractivity contribution in [1.82, 2.24) is 0 Å². The number of aliphatic hydroxyl groups is 3. The Bertz CT molecular complexity index is 1190. The Hall–Kier alpha value is -1.13. The number of allylic oxidation sites excluding steroid dienone is 1. The Morgan fingerprint density at radius 2 is 1.59 bits per heavy atom. The van der Waals surface area contributed by atoms with Gasteiger partial charge in [0.15, 0.2) is 11.4 Å². The van der Waals surface area contributed by atoms with Crippen molar-refractivity contribution >= 4 is 5.78 Å². The van der Waals surface area contributed by atoms with Gasteiger partial charge in [0.1, 0.15) is 29.5 Å². The van der Waals surface area contributed by atoms with Crippen molar-refractivity contribution in [2.24, 2.45) is 29.6 Å². The average Bonchev–Trinajstić information content (AvgIpc) is 3.64. The normalized spacial score (nSPS) is 54.7. The summed E-state index contributed by atoms with van der Waals surface area (Å²) in [6.07, 6.45) is 16.4. The van der Waals surface area contributed by atoms with Crippen LogP contribution < -0.4 is 0 Å². The van der Waals surface area contributed by atoms with Crippen LogP contribution in [0.4, 0.5) is 0 Å². The molecule has 0 amide bonds. The molecular weight excluding hydrogens is 560 g/mol. The van der Waals surface area contributed by atoms with Gasteiger partial charge in [-0.25, -0.2) is 0 Å². The first-order valence-electron chi connectivity index (χ1n) is 17.7. The lowest BCUT2D eigenvalue weighted by Gasteiger charge is -2.60. The summed E-state index contributed by atoms with van der Waals surface area (Å²) < 4.78 is 27.3. The summed E-state index contributed by atoms with van der Waals surface area (Å²) in [5.74, 6) is -3.92. The minimum absolute atomic E-state index is 0.180. The highest BCUT2D eigenvalue weighted by Crippen LogP contribution is 2.74. The van der Waals surface area contributed by atoms with E-state index < -0.39 is 71.0 Å². The first kappa shape index (κ1) is 31.5. The van der Waals surface area contributed by atoms with E-state index in [1.54, 1.807) is 0 Å². The Kier molecular flexibility index (Phi) is 7.84. The van der Waals surface area contributed by atoms with E-state index >= 15 is 0 Å². The second-order valence-electron chi connectivity index (χ2n) is 15.5. The summed E-state index contributed by atoms with van der Waals surface area (Å²) in [6.45, 7) is 9.85. The molecule has 8 heteroatoms. The molecule has 246 valence electrons. The number of rotatable bonds is 2. The van der Waals surface area contributed by atoms with Crippen LogP contribution in [0.15, 0.2) is 24.3 Å². The second-order valence-corrected chi connectivity index (χ2v) is 15.5. The van der Waals surface area contributed by atoms with Crippen LogP contribution in [0.25, 0.3) is 0 Å². The highest BCUT2D eigenvalue weighted by Gasteiger charge is 2.89. The molecule has 0 aromatic rings. The highest BCUT2D eigenvalue weighted by molar-refractivity contribution is 5.93. The van der Waals surface area contributed by atoms with Crippen LogP contribution in [0.3, 0.4) is 0 Å². The molecule has 7 aliphatic rings. The summed E-state index contributed by atoms with van der Waals surface area (Å²) in [6, 6.07) is 0. The zero-order chi connectivity index (χ0) is 31.1. The third kappa shape index (κ3) is 4.10. The van der Waals surface area contributed by atoms with Crippen LogP contribution in [0.5, 0.6) is 0 Å². The molecule has 0 aromatic carbocycles. The van der Waals surface area contributed by atoms with Gasteiger partial charge in [-0.05, 0) is 50.0 Å². The van der Waals surface area contributed by atoms with Crippen molar-refractivity contribution in [2.75, 3.05) is 6.61 Å². The van der Waals surface area contributed by atoms with Crippen molar-refractivity contribution < 1.29 is 39.1 Å². The molecule has 3 aliphatic carbocycles. The van der Waals surface area contributed by atoms with Crippen molar-refractivity contribution in [3.63, 3.8) is 0 Å². The Morgan fingerprint density at radius 3 is 2.23 bits per heavy atom. The summed E-state index contributed by atoms with van der Waals surface area (Å²) in [5, 5.41) is 35.5. The first-order valence-corrected chi connectivity index (χ1v) is 17.7. The quantitative estimate of drug-likeness (QED) is 0.290. The van der Waals surface area contributed by atoms with Crippen LogP contribution in [0.2, 0.25) is 0 Å². The lowest BCUT2D eigenvalue weighted by atomic mass is 9.52. The highest BCUT2D eigenvalue weighted by atomic mass is 16.9. The molecule has 3 bridgehead atoms. The van der Waals surface area contributed by atoms with Gasteiger partial charge in [0.05, 0.1) is 12.2 Å². The molecule has 0 radical (unpaired) electrons. The van der Waals surface area contributed by atoms with Crippen molar-refractivity contribution in [1.29, 1.82) is 0 Å². The molecule has 2 unspecified atom stereocenters. The molecule has 44 heavy (non-hydrogen) atoms. The maximum atomic E-state index is 14.3. The number of fused-ring (bicyclic) bond motifs is 1. The zero-order valence-electron chi connectivity index (χ0n) is 27.0. The topological polar surface area (TPSA) is 118 Å². The van der Waals surface area contributed by atoms with E-state index in [0.717, 1.165) is 44.1 Å². The molecule has 6 fully saturated rings. The second kappa shape index (κ2) is 11.0. The van der Waals surface area contributed by atoms with Crippen molar-refractivity contribution in [3.05, 3.63) is 24.3 Å². The number of hydrogen-bond acceptors (Lipinski definition) is 8. The van der Waals surface area contributed by atoms with E-state index in [4.69, 9.17) is 18.9 Å². The number of carbonyl (C=O) groups is 1. The minimum Gasteiger partial charge on any atom is -0.393 e. The Morgan fingerprint density at radius 1 is 0.955 bits per heavy atom. The third-order valence-electron chi connectivity index (χ3n) is 13.1. The fourth-order valence-electron chi connectivity index (χ4n) is 10.9. The largest absolute Gasteiger partial charge is 0.393 e. The van der Waals surface area contributed by atoms with Gasteiger partial charge < -0.3 is 34.3 Å². The van der Waals surface area contributed by atoms with Gasteiger partial charge in [0.2, 0.25) is 0 Å². The van der Waals surface area contributed by atoms with E-state index in [2.05, 4.69) is 19.6 Å². The number of aliphatic hydroxyl groups excluding tert-OH is 2. The van der Waals surface area contributed by atoms with Crippen LogP contribution in [-0.2, 0) is 23.7 Å². The molecular formula is C36H54O8. The predicted molar refractivity (Wildman–Crippen MR) is 163 cm³/mol. The number of Topliss-reactive ketones (excluding diaryl/α,β-unsaturated/α-hetero) is 1. The van der Waals surface area contributed by atoms with Gasteiger partial charge in [-0.1, -0.05) is 90.7 Å². The monoisotopic (exact) mass is 614 g/mol. The lowest BCUT2D eigenvalue weighted by molar-refractivity contribution is -0.412. The molecule has 3 saturated carbocycles. The molecule has 0 aromatic heterocycles. The van der Waals surface area contributed by atoms with E-state index in [1.807, 2.05) is 19.9 Å². The van der Waals surface area contributed by atoms with E-state index in [9.17, 15) is 20.1 Å². The predicted octanol–water partition coefficient (Wildman–Crippen LogP) is 5.12. The number of carbonyl (C=O) groups excluding carboxylic acids is 1. The average molecular weight is 615 g/mol. The van der Waals surface area contributed by atoms with Gasteiger partial charge in [-0.3, -0.25) is 4.79 Å². The van der Waals surface area contributed by atoms with Gasteiger partial charge >= 0.3 is 5.97 Å². The molecule has 3 saturated heterocycles. The molecule has 13 atom stereocenters. The SMILES string of the molecule is C=C(C)[C@]12C[C@@H](C)[C@]34OC5(/C=C\CCCCCCCCCCCCC[C@@H]6C3[C@@](O)(C(=O)[C@H]6C)[C@H](O)[C@@]3(CO)O[C@H]3[C@H]4[C@H]1O5)O2. The summed E-state index contributed by atoms with van der Waals surface area (Å²) >= 11 is 0. The number of ketones is 1. The summed E-state index contributed by atoms with van der Waals surface area (Å²) in [5.41, 5.74) is -4.74. The molecule has 4 aliphatic heterocycles. The third-order valence-corrected chi connectivity index (χ3v) is 13.1. The van der Waals surface area contributed by atoms with Crippen LogP contribution in [0, 0.1) is 29.6 Å².